The second kappa shape index (κ2) is 4.91. The number of ether oxygens (including phenoxy) is 1. The van der Waals surface area contributed by atoms with Crippen molar-refractivity contribution in [3.8, 4) is 0 Å². The van der Waals surface area contributed by atoms with Crippen molar-refractivity contribution in [3.63, 3.8) is 0 Å². The molecule has 1 atom stereocenters. The maximum atomic E-state index is 5.24. The maximum Gasteiger partial charge on any atom is 0.0507 e. The number of hydrogen-bond acceptors (Lipinski definition) is 2. The normalized spacial score (nSPS) is 23.9. The van der Waals surface area contributed by atoms with Crippen molar-refractivity contribution < 1.29 is 4.74 Å². The van der Waals surface area contributed by atoms with Crippen LogP contribution in [0.2, 0.25) is 0 Å². The summed E-state index contributed by atoms with van der Waals surface area (Å²) in [5.41, 5.74) is 0. The van der Waals surface area contributed by atoms with Gasteiger partial charge in [0.15, 0.2) is 0 Å². The van der Waals surface area contributed by atoms with E-state index in [4.69, 9.17) is 4.74 Å². The Hall–Kier alpha value is 0.140. The van der Waals surface area contributed by atoms with Crippen molar-refractivity contribution in [1.82, 2.24) is 5.32 Å². The molecule has 0 amide bonds. The van der Waals surface area contributed by atoms with Gasteiger partial charge in [-0.15, -0.1) is 0 Å². The third-order valence-electron chi connectivity index (χ3n) is 1.77. The Bertz CT molecular complexity index is 132. The summed E-state index contributed by atoms with van der Waals surface area (Å²) in [6, 6.07) is 0. The molecule has 0 radical (unpaired) electrons. The second-order valence-electron chi connectivity index (χ2n) is 2.88. The fourth-order valence-electron chi connectivity index (χ4n) is 1.16. The van der Waals surface area contributed by atoms with Crippen LogP contribution in [0.15, 0.2) is 11.1 Å². The molecule has 0 aromatic carbocycles. The Kier molecular flexibility index (Phi) is 4.12. The number of halogens is 1. The minimum Gasteiger partial charge on any atom is -0.381 e. The highest BCUT2D eigenvalue weighted by molar-refractivity contribution is 9.11. The Labute approximate surface area is 76.1 Å². The van der Waals surface area contributed by atoms with Crippen molar-refractivity contribution in [2.75, 3.05) is 26.3 Å². The van der Waals surface area contributed by atoms with Gasteiger partial charge in [-0.25, -0.2) is 0 Å². The third-order valence-corrected chi connectivity index (χ3v) is 2.05. The van der Waals surface area contributed by atoms with Crippen molar-refractivity contribution in [3.05, 3.63) is 11.1 Å². The van der Waals surface area contributed by atoms with Crippen LogP contribution in [0.25, 0.3) is 0 Å². The Morgan fingerprint density at radius 2 is 2.55 bits per heavy atom. The quantitative estimate of drug-likeness (QED) is 0.775. The summed E-state index contributed by atoms with van der Waals surface area (Å²) in [4.78, 5) is 0. The van der Waals surface area contributed by atoms with Crippen LogP contribution in [0, 0.1) is 5.92 Å². The van der Waals surface area contributed by atoms with Gasteiger partial charge in [0.25, 0.3) is 0 Å². The summed E-state index contributed by atoms with van der Waals surface area (Å²) in [6.07, 6.45) is 1.20. The lowest BCUT2D eigenvalue weighted by molar-refractivity contribution is 0.185. The molecule has 1 aliphatic heterocycles. The Morgan fingerprint density at radius 3 is 3.09 bits per heavy atom. The first-order chi connectivity index (χ1) is 5.29. The monoisotopic (exact) mass is 219 g/mol. The molecule has 3 heteroatoms. The smallest absolute Gasteiger partial charge is 0.0507 e. The Balaban J connectivity index is 1.98. The van der Waals surface area contributed by atoms with Crippen LogP contribution < -0.4 is 5.32 Å². The van der Waals surface area contributed by atoms with Crippen LogP contribution >= 0.6 is 15.9 Å². The van der Waals surface area contributed by atoms with E-state index in [2.05, 4.69) is 27.8 Å². The van der Waals surface area contributed by atoms with E-state index in [-0.39, 0.29) is 0 Å². The zero-order valence-corrected chi connectivity index (χ0v) is 8.19. The molecular formula is C8H14BrNO. The van der Waals surface area contributed by atoms with Gasteiger partial charge in [-0.05, 0) is 12.3 Å². The molecule has 0 spiro atoms. The maximum absolute atomic E-state index is 5.24. The van der Waals surface area contributed by atoms with Crippen LogP contribution in [-0.2, 0) is 4.74 Å². The highest BCUT2D eigenvalue weighted by atomic mass is 79.9. The number of hydrogen-bond donors (Lipinski definition) is 1. The molecule has 1 fully saturated rings. The van der Waals surface area contributed by atoms with E-state index in [1.807, 2.05) is 0 Å². The van der Waals surface area contributed by atoms with Crippen LogP contribution in [0.4, 0.5) is 0 Å². The van der Waals surface area contributed by atoms with E-state index >= 15 is 0 Å². The average Bonchev–Trinajstić information content (AvgIpc) is 2.39. The fourth-order valence-corrected chi connectivity index (χ4v) is 1.35. The van der Waals surface area contributed by atoms with Gasteiger partial charge in [-0.3, -0.25) is 0 Å². The van der Waals surface area contributed by atoms with Gasteiger partial charge >= 0.3 is 0 Å². The van der Waals surface area contributed by atoms with Gasteiger partial charge in [0.05, 0.1) is 6.61 Å². The average molecular weight is 220 g/mol. The molecule has 0 bridgehead atoms. The largest absolute Gasteiger partial charge is 0.381 e. The molecule has 0 aromatic rings. The summed E-state index contributed by atoms with van der Waals surface area (Å²) in [5.74, 6) is 0.710. The van der Waals surface area contributed by atoms with E-state index in [0.717, 1.165) is 30.8 Å². The molecule has 1 aliphatic rings. The van der Waals surface area contributed by atoms with Crippen LogP contribution in [0.1, 0.15) is 6.42 Å². The predicted octanol–water partition coefficient (Wildman–Crippen LogP) is 1.52. The first-order valence-corrected chi connectivity index (χ1v) is 4.70. The first-order valence-electron chi connectivity index (χ1n) is 3.91. The minimum absolute atomic E-state index is 0.710. The highest BCUT2D eigenvalue weighted by Gasteiger charge is 2.14. The van der Waals surface area contributed by atoms with Crippen LogP contribution in [-0.4, -0.2) is 26.3 Å². The van der Waals surface area contributed by atoms with Crippen LogP contribution in [0.5, 0.6) is 0 Å². The standard InChI is InChI=1S/C8H14BrNO/c1-7(9)4-10-5-8-2-3-11-6-8/h8,10H,1-6H2. The SMILES string of the molecule is C=C(Br)CNCC1CCOC1. The molecule has 11 heavy (non-hydrogen) atoms. The minimum atomic E-state index is 0.710. The zero-order chi connectivity index (χ0) is 8.10. The number of nitrogens with one attached hydrogen (secondary N) is 1. The fraction of sp³-hybridized carbons (Fsp3) is 0.750. The van der Waals surface area contributed by atoms with E-state index in [9.17, 15) is 0 Å². The highest BCUT2D eigenvalue weighted by Crippen LogP contribution is 2.10. The van der Waals surface area contributed by atoms with E-state index in [1.165, 1.54) is 6.42 Å². The van der Waals surface area contributed by atoms with E-state index < -0.39 is 0 Å². The van der Waals surface area contributed by atoms with Gasteiger partial charge < -0.3 is 10.1 Å². The molecule has 1 rings (SSSR count). The Morgan fingerprint density at radius 1 is 1.73 bits per heavy atom. The lowest BCUT2D eigenvalue weighted by Crippen LogP contribution is -2.23. The van der Waals surface area contributed by atoms with Gasteiger partial charge in [0.1, 0.15) is 0 Å². The van der Waals surface area contributed by atoms with Crippen molar-refractivity contribution in [2.24, 2.45) is 5.92 Å². The first kappa shape index (κ1) is 9.23. The van der Waals surface area contributed by atoms with Gasteiger partial charge in [0.2, 0.25) is 0 Å². The summed E-state index contributed by atoms with van der Waals surface area (Å²) in [5, 5.41) is 3.30. The number of rotatable bonds is 4. The lowest BCUT2D eigenvalue weighted by Gasteiger charge is -2.07. The summed E-state index contributed by atoms with van der Waals surface area (Å²) >= 11 is 3.30. The van der Waals surface area contributed by atoms with Crippen molar-refractivity contribution >= 4 is 15.9 Å². The van der Waals surface area contributed by atoms with Gasteiger partial charge in [0, 0.05) is 24.2 Å². The van der Waals surface area contributed by atoms with Crippen molar-refractivity contribution in [2.45, 2.75) is 6.42 Å². The molecule has 1 unspecified atom stereocenters. The molecule has 1 N–H and O–H groups in total. The van der Waals surface area contributed by atoms with Gasteiger partial charge in [-0.1, -0.05) is 22.5 Å². The summed E-state index contributed by atoms with van der Waals surface area (Å²) < 4.78 is 6.25. The molecule has 1 saturated heterocycles. The molecule has 1 heterocycles. The molecule has 2 nitrogen and oxygen atoms in total. The van der Waals surface area contributed by atoms with Crippen molar-refractivity contribution in [1.29, 1.82) is 0 Å². The molecule has 0 aliphatic carbocycles. The van der Waals surface area contributed by atoms with Crippen LogP contribution in [0.3, 0.4) is 0 Å². The molecule has 0 aromatic heterocycles. The molecule has 0 saturated carbocycles. The second-order valence-corrected chi connectivity index (χ2v) is 4.00. The predicted molar refractivity (Wildman–Crippen MR) is 49.9 cm³/mol. The topological polar surface area (TPSA) is 21.3 Å². The third kappa shape index (κ3) is 3.89. The zero-order valence-electron chi connectivity index (χ0n) is 6.61. The summed E-state index contributed by atoms with van der Waals surface area (Å²) in [6.45, 7) is 7.50. The molecular weight excluding hydrogens is 206 g/mol. The van der Waals surface area contributed by atoms with Gasteiger partial charge in [-0.2, -0.15) is 0 Å². The molecule has 64 valence electrons. The summed E-state index contributed by atoms with van der Waals surface area (Å²) in [7, 11) is 0. The van der Waals surface area contributed by atoms with E-state index in [0.29, 0.717) is 5.92 Å². The lowest BCUT2D eigenvalue weighted by atomic mass is 10.1. The van der Waals surface area contributed by atoms with E-state index in [1.54, 1.807) is 0 Å².